The number of carbonyl (C=O) groups excluding carboxylic acids is 1. The lowest BCUT2D eigenvalue weighted by molar-refractivity contribution is 0.225. The molecule has 0 aliphatic rings. The molecule has 0 aromatic rings. The predicted molar refractivity (Wildman–Crippen MR) is 58.2 cm³/mol. The molecule has 5 nitrogen and oxygen atoms in total. The van der Waals surface area contributed by atoms with Crippen LogP contribution in [0.5, 0.6) is 0 Å². The maximum Gasteiger partial charge on any atom is 0.312 e. The minimum atomic E-state index is -0.463. The van der Waals surface area contributed by atoms with Crippen LogP contribution in [0.15, 0.2) is 0 Å². The number of carbonyl (C=O) groups is 1. The molecule has 5 N–H and O–H groups in total. The molecule has 0 aromatic carbocycles. The third-order valence-electron chi connectivity index (χ3n) is 2.49. The van der Waals surface area contributed by atoms with Crippen molar-refractivity contribution < 1.29 is 4.79 Å². The third-order valence-corrected chi connectivity index (χ3v) is 2.49. The summed E-state index contributed by atoms with van der Waals surface area (Å²) in [5.41, 5.74) is 5.10. The SMILES string of the molecule is CCC(CNC)(CNC)CNC(N)=O. The molecule has 2 amide bonds. The summed E-state index contributed by atoms with van der Waals surface area (Å²) >= 11 is 0. The number of hydrogen-bond acceptors (Lipinski definition) is 3. The molecule has 0 radical (unpaired) electrons. The molecule has 0 fully saturated rings. The second kappa shape index (κ2) is 6.62. The Morgan fingerprint density at radius 1 is 1.21 bits per heavy atom. The topological polar surface area (TPSA) is 79.2 Å². The van der Waals surface area contributed by atoms with Crippen molar-refractivity contribution in [2.45, 2.75) is 13.3 Å². The van der Waals surface area contributed by atoms with Crippen LogP contribution in [0.3, 0.4) is 0 Å². The van der Waals surface area contributed by atoms with Gasteiger partial charge in [-0.1, -0.05) is 6.92 Å². The van der Waals surface area contributed by atoms with Crippen molar-refractivity contribution in [2.75, 3.05) is 33.7 Å². The fraction of sp³-hybridized carbons (Fsp3) is 0.889. The molecule has 0 rings (SSSR count). The average molecular weight is 202 g/mol. The van der Waals surface area contributed by atoms with E-state index in [9.17, 15) is 4.79 Å². The second-order valence-electron chi connectivity index (χ2n) is 3.63. The van der Waals surface area contributed by atoms with Gasteiger partial charge in [-0.05, 0) is 20.5 Å². The molecule has 0 spiro atoms. The number of amides is 2. The van der Waals surface area contributed by atoms with Gasteiger partial charge in [0, 0.05) is 25.0 Å². The van der Waals surface area contributed by atoms with Gasteiger partial charge in [0.25, 0.3) is 0 Å². The predicted octanol–water partition coefficient (Wildman–Crippen LogP) is -0.510. The quantitative estimate of drug-likeness (QED) is 0.449. The van der Waals surface area contributed by atoms with E-state index in [-0.39, 0.29) is 5.41 Å². The summed E-state index contributed by atoms with van der Waals surface area (Å²) in [6.45, 7) is 4.41. The van der Waals surface area contributed by atoms with Gasteiger partial charge in [-0.25, -0.2) is 4.79 Å². The molecule has 0 aromatic heterocycles. The molecular weight excluding hydrogens is 180 g/mol. The Kier molecular flexibility index (Phi) is 6.23. The molecular formula is C9H22N4O. The Labute approximate surface area is 85.8 Å². The maximum absolute atomic E-state index is 10.6. The van der Waals surface area contributed by atoms with Crippen molar-refractivity contribution >= 4 is 6.03 Å². The molecule has 84 valence electrons. The first-order chi connectivity index (χ1) is 6.60. The van der Waals surface area contributed by atoms with Gasteiger partial charge in [0.15, 0.2) is 0 Å². The summed E-state index contributed by atoms with van der Waals surface area (Å²) in [4.78, 5) is 10.6. The Balaban J connectivity index is 4.24. The van der Waals surface area contributed by atoms with Crippen molar-refractivity contribution in [1.82, 2.24) is 16.0 Å². The van der Waals surface area contributed by atoms with Crippen LogP contribution in [0.2, 0.25) is 0 Å². The highest BCUT2D eigenvalue weighted by atomic mass is 16.2. The molecule has 0 bridgehead atoms. The van der Waals surface area contributed by atoms with Gasteiger partial charge >= 0.3 is 6.03 Å². The van der Waals surface area contributed by atoms with Gasteiger partial charge in [-0.15, -0.1) is 0 Å². The Bertz CT molecular complexity index is 166. The van der Waals surface area contributed by atoms with Crippen LogP contribution in [0.4, 0.5) is 4.79 Å². The summed E-state index contributed by atoms with van der Waals surface area (Å²) < 4.78 is 0. The van der Waals surface area contributed by atoms with E-state index >= 15 is 0 Å². The first-order valence-electron chi connectivity index (χ1n) is 4.92. The van der Waals surface area contributed by atoms with Crippen molar-refractivity contribution in [3.8, 4) is 0 Å². The van der Waals surface area contributed by atoms with E-state index in [4.69, 9.17) is 5.73 Å². The standard InChI is InChI=1S/C9H22N4O/c1-4-9(5-11-2,6-12-3)7-13-8(10)14/h11-12H,4-7H2,1-3H3,(H3,10,13,14). The number of hydrogen-bond donors (Lipinski definition) is 4. The van der Waals surface area contributed by atoms with Crippen molar-refractivity contribution in [3.63, 3.8) is 0 Å². The Hall–Kier alpha value is -0.810. The van der Waals surface area contributed by atoms with Crippen molar-refractivity contribution in [3.05, 3.63) is 0 Å². The molecule has 0 saturated carbocycles. The highest BCUT2D eigenvalue weighted by Crippen LogP contribution is 2.18. The molecule has 0 atom stereocenters. The zero-order chi connectivity index (χ0) is 11.0. The van der Waals surface area contributed by atoms with Crippen LogP contribution in [-0.2, 0) is 0 Å². The van der Waals surface area contributed by atoms with Crippen molar-refractivity contribution in [2.24, 2.45) is 11.1 Å². The zero-order valence-electron chi connectivity index (χ0n) is 9.31. The smallest absolute Gasteiger partial charge is 0.312 e. The first-order valence-corrected chi connectivity index (χ1v) is 4.92. The van der Waals surface area contributed by atoms with Gasteiger partial charge < -0.3 is 21.7 Å². The first kappa shape index (κ1) is 13.2. The van der Waals surface area contributed by atoms with Gasteiger partial charge in [-0.2, -0.15) is 0 Å². The lowest BCUT2D eigenvalue weighted by atomic mass is 9.84. The number of nitrogens with two attached hydrogens (primary N) is 1. The van der Waals surface area contributed by atoms with Gasteiger partial charge in [0.1, 0.15) is 0 Å². The van der Waals surface area contributed by atoms with E-state index in [1.165, 1.54) is 0 Å². The number of urea groups is 1. The molecule has 14 heavy (non-hydrogen) atoms. The zero-order valence-corrected chi connectivity index (χ0v) is 9.31. The van der Waals surface area contributed by atoms with E-state index in [1.807, 2.05) is 14.1 Å². The number of rotatable bonds is 7. The fourth-order valence-electron chi connectivity index (χ4n) is 1.59. The number of primary amides is 1. The average Bonchev–Trinajstić information content (AvgIpc) is 2.15. The van der Waals surface area contributed by atoms with Crippen LogP contribution in [0.25, 0.3) is 0 Å². The van der Waals surface area contributed by atoms with Crippen LogP contribution in [-0.4, -0.2) is 39.8 Å². The van der Waals surface area contributed by atoms with Crippen molar-refractivity contribution in [1.29, 1.82) is 0 Å². The van der Waals surface area contributed by atoms with Crippen LogP contribution in [0.1, 0.15) is 13.3 Å². The summed E-state index contributed by atoms with van der Waals surface area (Å²) in [5, 5.41) is 8.94. The lowest BCUT2D eigenvalue weighted by Gasteiger charge is -2.32. The molecule has 0 aliphatic heterocycles. The van der Waals surface area contributed by atoms with E-state index in [1.54, 1.807) is 0 Å². The molecule has 0 heterocycles. The van der Waals surface area contributed by atoms with Crippen LogP contribution in [0, 0.1) is 5.41 Å². The second-order valence-corrected chi connectivity index (χ2v) is 3.63. The molecule has 0 aliphatic carbocycles. The summed E-state index contributed by atoms with van der Waals surface area (Å²) in [6, 6.07) is -0.463. The van der Waals surface area contributed by atoms with Crippen LogP contribution >= 0.6 is 0 Å². The molecule has 5 heteroatoms. The third kappa shape index (κ3) is 4.43. The molecule has 0 saturated heterocycles. The van der Waals surface area contributed by atoms with Gasteiger partial charge in [-0.3, -0.25) is 0 Å². The Morgan fingerprint density at radius 3 is 2.00 bits per heavy atom. The van der Waals surface area contributed by atoms with Gasteiger partial charge in [0.2, 0.25) is 0 Å². The summed E-state index contributed by atoms with van der Waals surface area (Å²) in [6.07, 6.45) is 0.981. The summed E-state index contributed by atoms with van der Waals surface area (Å²) in [5.74, 6) is 0. The highest BCUT2D eigenvalue weighted by molar-refractivity contribution is 5.71. The molecule has 0 unspecified atom stereocenters. The lowest BCUT2D eigenvalue weighted by Crippen LogP contribution is -2.49. The monoisotopic (exact) mass is 202 g/mol. The minimum Gasteiger partial charge on any atom is -0.352 e. The number of nitrogens with one attached hydrogen (secondary N) is 3. The van der Waals surface area contributed by atoms with E-state index in [2.05, 4.69) is 22.9 Å². The normalized spacial score (nSPS) is 11.4. The summed E-state index contributed by atoms with van der Waals surface area (Å²) in [7, 11) is 3.81. The fourth-order valence-corrected chi connectivity index (χ4v) is 1.59. The Morgan fingerprint density at radius 2 is 1.71 bits per heavy atom. The van der Waals surface area contributed by atoms with Crippen LogP contribution < -0.4 is 21.7 Å². The maximum atomic E-state index is 10.6. The largest absolute Gasteiger partial charge is 0.352 e. The van der Waals surface area contributed by atoms with E-state index < -0.39 is 6.03 Å². The minimum absolute atomic E-state index is 0.0402. The van der Waals surface area contributed by atoms with E-state index in [0.717, 1.165) is 19.5 Å². The highest BCUT2D eigenvalue weighted by Gasteiger charge is 2.26. The van der Waals surface area contributed by atoms with E-state index in [0.29, 0.717) is 6.54 Å². The van der Waals surface area contributed by atoms with Gasteiger partial charge in [0.05, 0.1) is 0 Å².